The van der Waals surface area contributed by atoms with Gasteiger partial charge in [0.05, 0.1) is 11.4 Å². The first-order valence-electron chi connectivity index (χ1n) is 8.90. The predicted octanol–water partition coefficient (Wildman–Crippen LogP) is 2.83. The first-order chi connectivity index (χ1) is 12.9. The van der Waals surface area contributed by atoms with Crippen LogP contribution >= 0.6 is 0 Å². The predicted molar refractivity (Wildman–Crippen MR) is 105 cm³/mol. The largest absolute Gasteiger partial charge is 0.332 e. The van der Waals surface area contributed by atoms with Crippen LogP contribution in [0.2, 0.25) is 0 Å². The van der Waals surface area contributed by atoms with Gasteiger partial charge in [0.25, 0.3) is 5.91 Å². The van der Waals surface area contributed by atoms with Crippen molar-refractivity contribution < 1.29 is 14.4 Å². The van der Waals surface area contributed by atoms with Crippen LogP contribution in [0.15, 0.2) is 48.5 Å². The van der Waals surface area contributed by atoms with Gasteiger partial charge >= 0.3 is 0 Å². The summed E-state index contributed by atoms with van der Waals surface area (Å²) >= 11 is 0. The second-order valence-corrected chi connectivity index (χ2v) is 6.86. The third kappa shape index (κ3) is 3.84. The number of anilines is 2. The first kappa shape index (κ1) is 18.6. The molecule has 0 unspecified atom stereocenters. The van der Waals surface area contributed by atoms with Crippen LogP contribution < -0.4 is 10.2 Å². The van der Waals surface area contributed by atoms with E-state index in [1.807, 2.05) is 38.1 Å². The standard InChI is InChI=1S/C21H23N3O3/c1-14-8-4-5-9-16(14)21(27)23(3)13-20(26)24-15(2)12-19(25)22-17-10-6-7-11-18(17)24/h4-11,15H,12-13H2,1-3H3,(H,22,25)/t15-/m1/s1. The number of benzene rings is 2. The summed E-state index contributed by atoms with van der Waals surface area (Å²) in [6.45, 7) is 3.63. The summed E-state index contributed by atoms with van der Waals surface area (Å²) in [6, 6.07) is 14.2. The Hall–Kier alpha value is -3.15. The van der Waals surface area contributed by atoms with E-state index in [2.05, 4.69) is 5.32 Å². The van der Waals surface area contributed by atoms with Crippen molar-refractivity contribution in [2.45, 2.75) is 26.3 Å². The van der Waals surface area contributed by atoms with Crippen molar-refractivity contribution >= 4 is 29.1 Å². The monoisotopic (exact) mass is 365 g/mol. The average Bonchev–Trinajstić information content (AvgIpc) is 2.75. The van der Waals surface area contributed by atoms with Crippen molar-refractivity contribution in [1.29, 1.82) is 0 Å². The van der Waals surface area contributed by atoms with Gasteiger partial charge in [0, 0.05) is 25.1 Å². The normalized spacial score (nSPS) is 16.2. The Morgan fingerprint density at radius 2 is 1.81 bits per heavy atom. The lowest BCUT2D eigenvalue weighted by Crippen LogP contribution is -2.45. The number of likely N-dealkylation sites (N-methyl/N-ethyl adjacent to an activating group) is 1. The fraction of sp³-hybridized carbons (Fsp3) is 0.286. The van der Waals surface area contributed by atoms with E-state index in [9.17, 15) is 14.4 Å². The fourth-order valence-electron chi connectivity index (χ4n) is 3.34. The molecule has 6 nitrogen and oxygen atoms in total. The molecule has 1 atom stereocenters. The maximum Gasteiger partial charge on any atom is 0.254 e. The zero-order chi connectivity index (χ0) is 19.6. The van der Waals surface area contributed by atoms with E-state index >= 15 is 0 Å². The topological polar surface area (TPSA) is 69.7 Å². The van der Waals surface area contributed by atoms with Crippen LogP contribution in [0, 0.1) is 6.92 Å². The first-order valence-corrected chi connectivity index (χ1v) is 8.90. The van der Waals surface area contributed by atoms with Crippen LogP contribution in [-0.4, -0.2) is 42.3 Å². The van der Waals surface area contributed by atoms with Crippen LogP contribution in [0.1, 0.15) is 29.3 Å². The number of carbonyl (C=O) groups is 3. The van der Waals surface area contributed by atoms with Crippen LogP contribution in [0.3, 0.4) is 0 Å². The van der Waals surface area contributed by atoms with Crippen molar-refractivity contribution in [3.8, 4) is 0 Å². The summed E-state index contributed by atoms with van der Waals surface area (Å²) in [5.74, 6) is -0.558. The number of fused-ring (bicyclic) bond motifs is 1. The van der Waals surface area contributed by atoms with Crippen molar-refractivity contribution in [3.05, 3.63) is 59.7 Å². The Morgan fingerprint density at radius 1 is 1.15 bits per heavy atom. The summed E-state index contributed by atoms with van der Waals surface area (Å²) < 4.78 is 0. The summed E-state index contributed by atoms with van der Waals surface area (Å²) in [4.78, 5) is 40.9. The molecule has 0 radical (unpaired) electrons. The van der Waals surface area contributed by atoms with Crippen LogP contribution in [0.4, 0.5) is 11.4 Å². The molecule has 3 rings (SSSR count). The van der Waals surface area contributed by atoms with Gasteiger partial charge in [-0.05, 0) is 37.6 Å². The Labute approximate surface area is 158 Å². The Balaban J connectivity index is 1.83. The SMILES string of the molecule is Cc1ccccc1C(=O)N(C)CC(=O)N1c2ccccc2NC(=O)C[C@H]1C. The van der Waals surface area contributed by atoms with E-state index < -0.39 is 0 Å². The van der Waals surface area contributed by atoms with Crippen molar-refractivity contribution in [2.75, 3.05) is 23.8 Å². The van der Waals surface area contributed by atoms with Crippen LogP contribution in [0.25, 0.3) is 0 Å². The minimum Gasteiger partial charge on any atom is -0.332 e. The van der Waals surface area contributed by atoms with Gasteiger partial charge in [0.15, 0.2) is 0 Å². The number of nitrogens with one attached hydrogen (secondary N) is 1. The average molecular weight is 365 g/mol. The van der Waals surface area contributed by atoms with Gasteiger partial charge in [-0.3, -0.25) is 14.4 Å². The Kier molecular flexibility index (Phi) is 5.26. The molecule has 1 aliphatic rings. The highest BCUT2D eigenvalue weighted by atomic mass is 16.2. The van der Waals surface area contributed by atoms with Crippen LogP contribution in [-0.2, 0) is 9.59 Å². The van der Waals surface area contributed by atoms with Gasteiger partial charge in [-0.2, -0.15) is 0 Å². The highest BCUT2D eigenvalue weighted by Crippen LogP contribution is 2.31. The Bertz CT molecular complexity index is 894. The second-order valence-electron chi connectivity index (χ2n) is 6.86. The second kappa shape index (κ2) is 7.61. The highest BCUT2D eigenvalue weighted by Gasteiger charge is 2.30. The molecule has 0 saturated heterocycles. The number of nitrogens with zero attached hydrogens (tertiary/aromatic N) is 2. The molecule has 2 aromatic rings. The minimum absolute atomic E-state index is 0.0694. The number of para-hydroxylation sites is 2. The zero-order valence-electron chi connectivity index (χ0n) is 15.7. The molecule has 1 aliphatic heterocycles. The summed E-state index contributed by atoms with van der Waals surface area (Å²) in [6.07, 6.45) is 0.204. The molecule has 27 heavy (non-hydrogen) atoms. The number of hydrogen-bond donors (Lipinski definition) is 1. The van der Waals surface area contributed by atoms with E-state index in [1.54, 1.807) is 36.2 Å². The maximum atomic E-state index is 13.1. The molecule has 0 aromatic heterocycles. The lowest BCUT2D eigenvalue weighted by molar-refractivity contribution is -0.119. The van der Waals surface area contributed by atoms with Crippen molar-refractivity contribution in [3.63, 3.8) is 0 Å². The number of aryl methyl sites for hydroxylation is 1. The lowest BCUT2D eigenvalue weighted by atomic mass is 10.1. The zero-order valence-corrected chi connectivity index (χ0v) is 15.7. The number of amides is 3. The third-order valence-corrected chi connectivity index (χ3v) is 4.72. The molecular weight excluding hydrogens is 342 g/mol. The molecular formula is C21H23N3O3. The van der Waals surface area contributed by atoms with E-state index in [0.29, 0.717) is 16.9 Å². The summed E-state index contributed by atoms with van der Waals surface area (Å²) in [5, 5.41) is 2.83. The van der Waals surface area contributed by atoms with Gasteiger partial charge < -0.3 is 15.1 Å². The molecule has 0 aliphatic carbocycles. The van der Waals surface area contributed by atoms with E-state index in [-0.39, 0.29) is 36.7 Å². The fourth-order valence-corrected chi connectivity index (χ4v) is 3.34. The summed E-state index contributed by atoms with van der Waals surface area (Å²) in [5.41, 5.74) is 2.70. The van der Waals surface area contributed by atoms with Gasteiger partial charge in [0.2, 0.25) is 11.8 Å². The quantitative estimate of drug-likeness (QED) is 0.909. The number of hydrogen-bond acceptors (Lipinski definition) is 3. The van der Waals surface area contributed by atoms with E-state index in [4.69, 9.17) is 0 Å². The molecule has 1 N–H and O–H groups in total. The van der Waals surface area contributed by atoms with Crippen molar-refractivity contribution in [2.24, 2.45) is 0 Å². The van der Waals surface area contributed by atoms with Crippen molar-refractivity contribution in [1.82, 2.24) is 4.90 Å². The molecule has 6 heteroatoms. The highest BCUT2D eigenvalue weighted by molar-refractivity contribution is 6.06. The molecule has 0 saturated carbocycles. The third-order valence-electron chi connectivity index (χ3n) is 4.72. The van der Waals surface area contributed by atoms with Gasteiger partial charge in [0.1, 0.15) is 6.54 Å². The van der Waals surface area contributed by atoms with Crippen LogP contribution in [0.5, 0.6) is 0 Å². The van der Waals surface area contributed by atoms with E-state index in [1.165, 1.54) is 4.90 Å². The molecule has 2 aromatic carbocycles. The molecule has 0 spiro atoms. The number of rotatable bonds is 3. The van der Waals surface area contributed by atoms with Gasteiger partial charge in [-0.15, -0.1) is 0 Å². The lowest BCUT2D eigenvalue weighted by Gasteiger charge is -2.30. The minimum atomic E-state index is -0.303. The smallest absolute Gasteiger partial charge is 0.254 e. The summed E-state index contributed by atoms with van der Waals surface area (Å²) in [7, 11) is 1.62. The number of carbonyl (C=O) groups excluding carboxylic acids is 3. The molecule has 3 amide bonds. The van der Waals surface area contributed by atoms with Gasteiger partial charge in [-0.25, -0.2) is 0 Å². The maximum absolute atomic E-state index is 13.1. The molecule has 0 fully saturated rings. The molecule has 140 valence electrons. The molecule has 0 bridgehead atoms. The van der Waals surface area contributed by atoms with E-state index in [0.717, 1.165) is 5.56 Å². The molecule has 1 heterocycles. The Morgan fingerprint density at radius 3 is 2.56 bits per heavy atom. The van der Waals surface area contributed by atoms with Gasteiger partial charge in [-0.1, -0.05) is 30.3 Å².